The maximum Gasteiger partial charge on any atom is 0.255 e. The summed E-state index contributed by atoms with van der Waals surface area (Å²) in [5.41, 5.74) is 1.89. The fourth-order valence-corrected chi connectivity index (χ4v) is 3.23. The van der Waals surface area contributed by atoms with E-state index >= 15 is 0 Å². The van der Waals surface area contributed by atoms with Crippen LogP contribution in [0.25, 0.3) is 0 Å². The van der Waals surface area contributed by atoms with E-state index in [1.165, 1.54) is 0 Å². The summed E-state index contributed by atoms with van der Waals surface area (Å²) in [6, 6.07) is 17.8. The van der Waals surface area contributed by atoms with Crippen LogP contribution in [0.15, 0.2) is 60.7 Å². The van der Waals surface area contributed by atoms with Crippen molar-refractivity contribution in [2.24, 2.45) is 0 Å². The molecule has 0 aromatic heterocycles. The molecule has 3 aromatic rings. The normalized spacial score (nSPS) is 10.6. The van der Waals surface area contributed by atoms with Gasteiger partial charge >= 0.3 is 0 Å². The Labute approximate surface area is 179 Å². The van der Waals surface area contributed by atoms with Crippen LogP contribution in [0.1, 0.15) is 27.0 Å². The minimum atomic E-state index is -0.543. The maximum atomic E-state index is 12.8. The standard InChI is InChI=1S/C23H22ClNO5/c1-29-20-10-6-5-9-16(20)12-25-23(28)21-17(22(24)19(27)11-18(21)26)14-30-13-15-7-3-2-4-8-15/h2-11,26-27H,12-14H2,1H3,(H,25,28). The van der Waals surface area contributed by atoms with Crippen molar-refractivity contribution in [1.82, 2.24) is 5.32 Å². The zero-order valence-electron chi connectivity index (χ0n) is 16.4. The number of amides is 1. The average Bonchev–Trinajstić information content (AvgIpc) is 2.76. The van der Waals surface area contributed by atoms with Gasteiger partial charge in [0, 0.05) is 23.7 Å². The topological polar surface area (TPSA) is 88.0 Å². The van der Waals surface area contributed by atoms with Crippen LogP contribution in [0.3, 0.4) is 0 Å². The van der Waals surface area contributed by atoms with Gasteiger partial charge in [-0.05, 0) is 11.6 Å². The Kier molecular flexibility index (Phi) is 7.17. The Morgan fingerprint density at radius 3 is 2.43 bits per heavy atom. The lowest BCUT2D eigenvalue weighted by molar-refractivity contribution is 0.0921. The second-order valence-corrected chi connectivity index (χ2v) is 6.93. The monoisotopic (exact) mass is 427 g/mol. The van der Waals surface area contributed by atoms with E-state index in [-0.39, 0.29) is 47.4 Å². The third-order valence-electron chi connectivity index (χ3n) is 4.54. The van der Waals surface area contributed by atoms with Crippen LogP contribution in [0.5, 0.6) is 17.2 Å². The van der Waals surface area contributed by atoms with Crippen molar-refractivity contribution in [3.8, 4) is 17.2 Å². The predicted molar refractivity (Wildman–Crippen MR) is 114 cm³/mol. The molecule has 6 nitrogen and oxygen atoms in total. The van der Waals surface area contributed by atoms with Gasteiger partial charge < -0.3 is 25.0 Å². The van der Waals surface area contributed by atoms with Crippen LogP contribution in [-0.2, 0) is 24.5 Å². The first-order valence-corrected chi connectivity index (χ1v) is 9.64. The number of carbonyl (C=O) groups is 1. The molecule has 3 N–H and O–H groups in total. The summed E-state index contributed by atoms with van der Waals surface area (Å²) in [4.78, 5) is 12.8. The van der Waals surface area contributed by atoms with E-state index in [0.717, 1.165) is 17.2 Å². The Morgan fingerprint density at radius 2 is 1.70 bits per heavy atom. The number of ether oxygens (including phenoxy) is 2. The zero-order valence-corrected chi connectivity index (χ0v) is 17.1. The summed E-state index contributed by atoms with van der Waals surface area (Å²) in [5, 5.41) is 23.0. The van der Waals surface area contributed by atoms with Crippen LogP contribution in [-0.4, -0.2) is 23.2 Å². The van der Waals surface area contributed by atoms with Crippen LogP contribution < -0.4 is 10.1 Å². The van der Waals surface area contributed by atoms with Crippen LogP contribution in [0.4, 0.5) is 0 Å². The Balaban J connectivity index is 1.78. The van der Waals surface area contributed by atoms with Gasteiger partial charge in [-0.25, -0.2) is 0 Å². The number of carbonyl (C=O) groups excluding carboxylic acids is 1. The van der Waals surface area contributed by atoms with Crippen LogP contribution >= 0.6 is 11.6 Å². The first kappa shape index (κ1) is 21.5. The van der Waals surface area contributed by atoms with E-state index in [0.29, 0.717) is 5.75 Å². The molecule has 30 heavy (non-hydrogen) atoms. The molecule has 1 amide bonds. The average molecular weight is 428 g/mol. The summed E-state index contributed by atoms with van der Waals surface area (Å²) in [6.07, 6.45) is 0. The molecule has 0 saturated heterocycles. The molecule has 3 rings (SSSR count). The summed E-state index contributed by atoms with van der Waals surface area (Å²) in [7, 11) is 1.55. The smallest absolute Gasteiger partial charge is 0.255 e. The van der Waals surface area contributed by atoms with Crippen molar-refractivity contribution in [2.45, 2.75) is 19.8 Å². The molecule has 0 radical (unpaired) electrons. The Morgan fingerprint density at radius 1 is 1.00 bits per heavy atom. The molecule has 7 heteroatoms. The van der Waals surface area contributed by atoms with Gasteiger partial charge in [-0.3, -0.25) is 4.79 Å². The SMILES string of the molecule is COc1ccccc1CNC(=O)c1c(O)cc(O)c(Cl)c1COCc1ccccc1. The molecule has 0 heterocycles. The van der Waals surface area contributed by atoms with E-state index in [2.05, 4.69) is 5.32 Å². The van der Waals surface area contributed by atoms with Gasteiger partial charge in [0.25, 0.3) is 5.91 Å². The number of phenolic OH excluding ortho intramolecular Hbond substituents is 2. The summed E-state index contributed by atoms with van der Waals surface area (Å²) in [6.45, 7) is 0.411. The molecule has 0 spiro atoms. The minimum Gasteiger partial charge on any atom is -0.507 e. The molecule has 3 aromatic carbocycles. The van der Waals surface area contributed by atoms with Crippen molar-refractivity contribution < 1.29 is 24.5 Å². The summed E-state index contributed by atoms with van der Waals surface area (Å²) in [5.74, 6) is -0.614. The van der Waals surface area contributed by atoms with Gasteiger partial charge in [-0.15, -0.1) is 0 Å². The van der Waals surface area contributed by atoms with Crippen molar-refractivity contribution in [2.75, 3.05) is 7.11 Å². The van der Waals surface area contributed by atoms with Gasteiger partial charge in [0.05, 0.1) is 30.9 Å². The van der Waals surface area contributed by atoms with E-state index in [4.69, 9.17) is 21.1 Å². The second-order valence-electron chi connectivity index (χ2n) is 6.56. The van der Waals surface area contributed by atoms with Gasteiger partial charge in [0.15, 0.2) is 0 Å². The molecule has 0 unspecified atom stereocenters. The number of phenols is 2. The number of nitrogens with one attached hydrogen (secondary N) is 1. The number of hydrogen-bond donors (Lipinski definition) is 3. The summed E-state index contributed by atoms with van der Waals surface area (Å²) < 4.78 is 11.0. The highest BCUT2D eigenvalue weighted by atomic mass is 35.5. The van der Waals surface area contributed by atoms with Crippen molar-refractivity contribution in [1.29, 1.82) is 0 Å². The number of para-hydroxylation sites is 1. The van der Waals surface area contributed by atoms with Gasteiger partial charge in [0.1, 0.15) is 17.2 Å². The number of methoxy groups -OCH3 is 1. The predicted octanol–water partition coefficient (Wildman–Crippen LogP) is 4.41. The van der Waals surface area contributed by atoms with Gasteiger partial charge in [-0.1, -0.05) is 60.1 Å². The van der Waals surface area contributed by atoms with Gasteiger partial charge in [-0.2, -0.15) is 0 Å². The molecule has 156 valence electrons. The molecule has 0 atom stereocenters. The van der Waals surface area contributed by atoms with Gasteiger partial charge in [0.2, 0.25) is 0 Å². The fourth-order valence-electron chi connectivity index (χ4n) is 3.03. The lowest BCUT2D eigenvalue weighted by Gasteiger charge is -2.16. The maximum absolute atomic E-state index is 12.8. The highest BCUT2D eigenvalue weighted by molar-refractivity contribution is 6.33. The van der Waals surface area contributed by atoms with Crippen LogP contribution in [0, 0.1) is 0 Å². The highest BCUT2D eigenvalue weighted by Gasteiger charge is 2.22. The lowest BCUT2D eigenvalue weighted by Crippen LogP contribution is -2.24. The molecule has 0 aliphatic heterocycles. The minimum absolute atomic E-state index is 0.0386. The van der Waals surface area contributed by atoms with Crippen molar-refractivity contribution in [3.05, 3.63) is 87.9 Å². The quantitative estimate of drug-likeness (QED) is 0.495. The zero-order chi connectivity index (χ0) is 21.5. The third kappa shape index (κ3) is 5.03. The van der Waals surface area contributed by atoms with E-state index < -0.39 is 5.91 Å². The molecule has 0 fully saturated rings. The first-order valence-electron chi connectivity index (χ1n) is 9.26. The van der Waals surface area contributed by atoms with E-state index in [1.807, 2.05) is 48.5 Å². The van der Waals surface area contributed by atoms with E-state index in [1.54, 1.807) is 13.2 Å². The number of hydrogen-bond acceptors (Lipinski definition) is 5. The molecule has 0 saturated carbocycles. The molecule has 0 aliphatic rings. The lowest BCUT2D eigenvalue weighted by atomic mass is 10.0. The first-order chi connectivity index (χ1) is 14.5. The highest BCUT2D eigenvalue weighted by Crippen LogP contribution is 2.36. The fraction of sp³-hybridized carbons (Fsp3) is 0.174. The number of aromatic hydroxyl groups is 2. The Bertz CT molecular complexity index is 1020. The largest absolute Gasteiger partial charge is 0.507 e. The molecular formula is C23H22ClNO5. The number of halogens is 1. The second kappa shape index (κ2) is 10.0. The molecule has 0 aliphatic carbocycles. The summed E-state index contributed by atoms with van der Waals surface area (Å²) >= 11 is 6.22. The van der Waals surface area contributed by atoms with Crippen molar-refractivity contribution >= 4 is 17.5 Å². The van der Waals surface area contributed by atoms with Crippen LogP contribution in [0.2, 0.25) is 5.02 Å². The number of benzene rings is 3. The third-order valence-corrected chi connectivity index (χ3v) is 4.96. The Hall–Kier alpha value is -3.22. The van der Waals surface area contributed by atoms with E-state index in [9.17, 15) is 15.0 Å². The molecular weight excluding hydrogens is 406 g/mol. The molecule has 0 bridgehead atoms. The van der Waals surface area contributed by atoms with Crippen molar-refractivity contribution in [3.63, 3.8) is 0 Å². The number of rotatable bonds is 8.